The Bertz CT molecular complexity index is 1430. The molecule has 0 aliphatic heterocycles. The first-order chi connectivity index (χ1) is 22.1. The Morgan fingerprint density at radius 1 is 0.872 bits per heavy atom. The smallest absolute Gasteiger partial charge is 0.327 e. The van der Waals surface area contributed by atoms with E-state index < -0.39 is 35.8 Å². The van der Waals surface area contributed by atoms with Gasteiger partial charge in [-0.05, 0) is 67.5 Å². The molecule has 0 bridgehead atoms. The summed E-state index contributed by atoms with van der Waals surface area (Å²) in [7, 11) is 0. The van der Waals surface area contributed by atoms with Gasteiger partial charge in [-0.2, -0.15) is 5.26 Å². The van der Waals surface area contributed by atoms with Crippen LogP contribution in [0.5, 0.6) is 0 Å². The van der Waals surface area contributed by atoms with Gasteiger partial charge in [0.25, 0.3) is 0 Å². The normalized spacial score (nSPS) is 13.5. The molecule has 0 radical (unpaired) electrons. The lowest BCUT2D eigenvalue weighted by molar-refractivity contribution is -0.142. The number of rotatable bonds is 16. The number of benzene rings is 2. The lowest BCUT2D eigenvalue weighted by Crippen LogP contribution is -2.49. The summed E-state index contributed by atoms with van der Waals surface area (Å²) >= 11 is 0. The van der Waals surface area contributed by atoms with E-state index in [2.05, 4.69) is 31.6 Å². The molecular formula is C34H47N7O6. The Labute approximate surface area is 276 Å². The molecule has 13 heteroatoms. The molecule has 0 aromatic heterocycles. The van der Waals surface area contributed by atoms with Crippen molar-refractivity contribution in [2.45, 2.75) is 78.8 Å². The number of anilines is 2. The van der Waals surface area contributed by atoms with E-state index in [0.717, 1.165) is 11.3 Å². The number of aliphatic imine (C=N–C) groups is 1. The molecule has 0 fully saturated rings. The maximum absolute atomic E-state index is 13.4. The zero-order chi connectivity index (χ0) is 35.1. The summed E-state index contributed by atoms with van der Waals surface area (Å²) in [6.07, 6.45) is 2.43. The van der Waals surface area contributed by atoms with E-state index >= 15 is 0 Å². The van der Waals surface area contributed by atoms with Crippen LogP contribution >= 0.6 is 0 Å². The van der Waals surface area contributed by atoms with Gasteiger partial charge < -0.3 is 36.8 Å². The number of carboxylic acids is 2. The Kier molecular flexibility index (Phi) is 14.8. The zero-order valence-corrected chi connectivity index (χ0v) is 27.9. The van der Waals surface area contributed by atoms with Crippen LogP contribution in [0.3, 0.4) is 0 Å². The van der Waals surface area contributed by atoms with Crippen molar-refractivity contribution < 1.29 is 29.4 Å². The molecule has 0 aliphatic rings. The predicted molar refractivity (Wildman–Crippen MR) is 181 cm³/mol. The summed E-state index contributed by atoms with van der Waals surface area (Å²) in [5, 5.41) is 42.6. The molecule has 2 aromatic rings. The van der Waals surface area contributed by atoms with E-state index in [1.807, 2.05) is 65.8 Å². The molecule has 2 amide bonds. The van der Waals surface area contributed by atoms with Crippen LogP contribution in [0.25, 0.3) is 0 Å². The Morgan fingerprint density at radius 3 is 1.91 bits per heavy atom. The Balaban J connectivity index is 2.05. The number of hydrogen-bond donors (Lipinski definition) is 7. The van der Waals surface area contributed by atoms with E-state index in [0.29, 0.717) is 17.7 Å². The number of hydrogen-bond acceptors (Lipinski definition) is 7. The van der Waals surface area contributed by atoms with Crippen LogP contribution in [-0.4, -0.2) is 65.1 Å². The number of nitriles is 1. The first-order valence-corrected chi connectivity index (χ1v) is 15.5. The molecule has 0 heterocycles. The first-order valence-electron chi connectivity index (χ1n) is 15.5. The molecule has 2 aromatic carbocycles. The third-order valence-corrected chi connectivity index (χ3v) is 6.97. The quantitative estimate of drug-likeness (QED) is 0.0601. The molecule has 2 rings (SSSR count). The maximum Gasteiger partial charge on any atom is 0.327 e. The van der Waals surface area contributed by atoms with Gasteiger partial charge in [-0.15, -0.1) is 4.99 Å². The van der Waals surface area contributed by atoms with Gasteiger partial charge in [-0.25, -0.2) is 9.59 Å². The van der Waals surface area contributed by atoms with Gasteiger partial charge in [0.15, 0.2) is 0 Å². The number of aliphatic carboxylic acids is 2. The molecule has 3 atom stereocenters. The van der Waals surface area contributed by atoms with Gasteiger partial charge in [-0.1, -0.05) is 64.4 Å². The number of aryl methyl sites for hydroxylation is 1. The van der Waals surface area contributed by atoms with Gasteiger partial charge in [0.1, 0.15) is 12.1 Å². The number of carbonyl (C=O) groups is 4. The molecular weight excluding hydrogens is 602 g/mol. The molecule has 47 heavy (non-hydrogen) atoms. The van der Waals surface area contributed by atoms with Crippen molar-refractivity contribution in [1.29, 1.82) is 5.26 Å². The monoisotopic (exact) mass is 649 g/mol. The van der Waals surface area contributed by atoms with Crippen LogP contribution in [0.1, 0.15) is 70.9 Å². The van der Waals surface area contributed by atoms with Gasteiger partial charge in [0.05, 0.1) is 5.92 Å². The van der Waals surface area contributed by atoms with Crippen LogP contribution in [-0.2, 0) is 19.2 Å². The molecule has 0 saturated carbocycles. The van der Waals surface area contributed by atoms with Gasteiger partial charge >= 0.3 is 11.9 Å². The average molecular weight is 650 g/mol. The van der Waals surface area contributed by atoms with Crippen molar-refractivity contribution in [3.8, 4) is 6.19 Å². The average Bonchev–Trinajstić information content (AvgIpc) is 2.97. The molecule has 254 valence electrons. The zero-order valence-electron chi connectivity index (χ0n) is 27.9. The van der Waals surface area contributed by atoms with Crippen molar-refractivity contribution in [1.82, 2.24) is 16.0 Å². The third-order valence-electron chi connectivity index (χ3n) is 6.97. The SMILES string of the molecule is Cc1ccc(NC(=NC#N)Nc2ccc(C(CC(C)C)C(=O)NC(CNCCC(NC(=O)CC(C)(C)C)C(=O)O)C(=O)O)cc2)cc1. The minimum atomic E-state index is -1.27. The Hall–Kier alpha value is -4.96. The summed E-state index contributed by atoms with van der Waals surface area (Å²) in [6.45, 7) is 11.5. The molecule has 13 nitrogen and oxygen atoms in total. The highest BCUT2D eigenvalue weighted by molar-refractivity contribution is 6.04. The van der Waals surface area contributed by atoms with Crippen LogP contribution in [0.15, 0.2) is 53.5 Å². The predicted octanol–water partition coefficient (Wildman–Crippen LogP) is 4.04. The van der Waals surface area contributed by atoms with E-state index in [1.54, 1.807) is 30.5 Å². The lowest BCUT2D eigenvalue weighted by atomic mass is 9.89. The molecule has 3 unspecified atom stereocenters. The molecule has 0 saturated heterocycles. The van der Waals surface area contributed by atoms with Crippen molar-refractivity contribution in [2.24, 2.45) is 16.3 Å². The standard InChI is InChI=1S/C34H47N7O6/c1-21(2)17-26(23-9-13-25(14-10-23)39-33(37-20-35)38-24-11-7-22(3)8-12-24)30(43)41-28(32(46)47)19-36-16-15-27(31(44)45)40-29(42)18-34(4,5)6/h7-14,21,26-28,36H,15-19H2,1-6H3,(H,40,42)(H,41,43)(H,44,45)(H,46,47)(H2,37,38,39). The second kappa shape index (κ2) is 18.3. The van der Waals surface area contributed by atoms with E-state index in [-0.39, 0.29) is 49.1 Å². The third kappa shape index (κ3) is 14.3. The van der Waals surface area contributed by atoms with Crippen LogP contribution in [0.4, 0.5) is 11.4 Å². The van der Waals surface area contributed by atoms with Crippen LogP contribution in [0.2, 0.25) is 0 Å². The van der Waals surface area contributed by atoms with Crippen molar-refractivity contribution in [3.05, 3.63) is 59.7 Å². The minimum Gasteiger partial charge on any atom is -0.480 e. The van der Waals surface area contributed by atoms with E-state index in [1.165, 1.54) is 0 Å². The van der Waals surface area contributed by atoms with Gasteiger partial charge in [0, 0.05) is 24.3 Å². The fourth-order valence-corrected chi connectivity index (χ4v) is 4.66. The molecule has 0 aliphatic carbocycles. The number of guanidine groups is 1. The number of nitrogens with one attached hydrogen (secondary N) is 5. The second-order valence-electron chi connectivity index (χ2n) is 13.1. The summed E-state index contributed by atoms with van der Waals surface area (Å²) in [6, 6.07) is 12.2. The van der Waals surface area contributed by atoms with Gasteiger partial charge in [-0.3, -0.25) is 9.59 Å². The van der Waals surface area contributed by atoms with Gasteiger partial charge in [0.2, 0.25) is 24.0 Å². The minimum absolute atomic E-state index is 0.0309. The maximum atomic E-state index is 13.4. The molecule has 0 spiro atoms. The number of amides is 2. The van der Waals surface area contributed by atoms with E-state index in [4.69, 9.17) is 5.26 Å². The summed E-state index contributed by atoms with van der Waals surface area (Å²) in [4.78, 5) is 53.1. The largest absolute Gasteiger partial charge is 0.480 e. The van der Waals surface area contributed by atoms with Crippen molar-refractivity contribution in [3.63, 3.8) is 0 Å². The fourth-order valence-electron chi connectivity index (χ4n) is 4.66. The van der Waals surface area contributed by atoms with Crippen LogP contribution in [0, 0.1) is 29.7 Å². The highest BCUT2D eigenvalue weighted by Gasteiger charge is 2.28. The highest BCUT2D eigenvalue weighted by atomic mass is 16.4. The number of carboxylic acid groups (broad SMARTS) is 2. The lowest BCUT2D eigenvalue weighted by Gasteiger charge is -2.23. The second-order valence-corrected chi connectivity index (χ2v) is 13.1. The summed E-state index contributed by atoms with van der Waals surface area (Å²) in [5.41, 5.74) is 2.83. The fraction of sp³-hybridized carbons (Fsp3) is 0.471. The first kappa shape index (κ1) is 38.2. The van der Waals surface area contributed by atoms with Crippen LogP contribution < -0.4 is 26.6 Å². The van der Waals surface area contributed by atoms with E-state index in [9.17, 15) is 29.4 Å². The number of nitrogens with zero attached hydrogens (tertiary/aromatic N) is 2. The summed E-state index contributed by atoms with van der Waals surface area (Å²) < 4.78 is 0. The topological polar surface area (TPSA) is 205 Å². The number of carbonyl (C=O) groups excluding carboxylic acids is 2. The molecule has 7 N–H and O–H groups in total. The summed E-state index contributed by atoms with van der Waals surface area (Å²) in [5.74, 6) is -3.56. The highest BCUT2D eigenvalue weighted by Crippen LogP contribution is 2.26. The van der Waals surface area contributed by atoms with Crippen molar-refractivity contribution in [2.75, 3.05) is 23.7 Å². The van der Waals surface area contributed by atoms with Crippen molar-refractivity contribution >= 4 is 41.1 Å². The Morgan fingerprint density at radius 2 is 1.43 bits per heavy atom.